The minimum Gasteiger partial charge on any atom is -0.324 e. The number of aryl methyl sites for hydroxylation is 2. The van der Waals surface area contributed by atoms with E-state index in [9.17, 15) is 21.6 Å². The molecule has 0 N–H and O–H groups in total. The number of rotatable bonds is 4. The Morgan fingerprint density at radius 2 is 1.82 bits per heavy atom. The van der Waals surface area contributed by atoms with Crippen molar-refractivity contribution in [2.24, 2.45) is 7.05 Å². The van der Waals surface area contributed by atoms with Gasteiger partial charge in [-0.05, 0) is 42.3 Å². The van der Waals surface area contributed by atoms with Gasteiger partial charge in [0, 0.05) is 23.8 Å². The molecule has 0 atom stereocenters. The Morgan fingerprint density at radius 3 is 2.45 bits per heavy atom. The van der Waals surface area contributed by atoms with Crippen LogP contribution in [0.4, 0.5) is 13.2 Å². The van der Waals surface area contributed by atoms with Crippen LogP contribution in [-0.4, -0.2) is 33.7 Å². The van der Waals surface area contributed by atoms with Crippen LogP contribution in [0.15, 0.2) is 47.6 Å². The van der Waals surface area contributed by atoms with E-state index in [2.05, 4.69) is 15.0 Å². The molecule has 0 amide bonds. The number of imidazole rings is 1. The average Bonchev–Trinajstić information content (AvgIpc) is 3.08. The number of hydrogen-bond donors (Lipinski definition) is 0. The van der Waals surface area contributed by atoms with Crippen LogP contribution in [0.1, 0.15) is 18.2 Å². The summed E-state index contributed by atoms with van der Waals surface area (Å²) in [6.45, 7) is 3.35. The zero-order valence-corrected chi connectivity index (χ0v) is 19.3. The Balaban J connectivity index is 1.95. The Kier molecular flexibility index (Phi) is 5.69. The molecule has 0 aliphatic carbocycles. The highest BCUT2D eigenvalue weighted by molar-refractivity contribution is 7.91. The highest BCUT2D eigenvalue weighted by Crippen LogP contribution is 2.34. The number of pyridine rings is 2. The molecule has 0 aliphatic rings. The van der Waals surface area contributed by atoms with Gasteiger partial charge in [0.2, 0.25) is 0 Å². The molecule has 11 heteroatoms. The summed E-state index contributed by atoms with van der Waals surface area (Å²) in [5, 5.41) is 0.550. The standard InChI is InChI=1S/C22H18ClF3N4O2S/c1-4-33(31,32)18-8-13(15-6-5-14(23)7-12(15)2)10-28-20(18)21-29-16-9-19(22(24,25)26)27-11-17(16)30(21)3/h5-11H,4H2,1-3H3. The zero-order chi connectivity index (χ0) is 24.1. The molecule has 33 heavy (non-hydrogen) atoms. The molecule has 4 aromatic rings. The quantitative estimate of drug-likeness (QED) is 0.376. The number of aromatic nitrogens is 4. The topological polar surface area (TPSA) is 77.7 Å². The molecule has 4 rings (SSSR count). The van der Waals surface area contributed by atoms with Crippen LogP contribution >= 0.6 is 11.6 Å². The van der Waals surface area contributed by atoms with Crippen molar-refractivity contribution in [1.29, 1.82) is 0 Å². The van der Waals surface area contributed by atoms with E-state index in [-0.39, 0.29) is 27.7 Å². The summed E-state index contributed by atoms with van der Waals surface area (Å²) in [5.41, 5.74) is 1.49. The first-order chi connectivity index (χ1) is 15.4. The van der Waals surface area contributed by atoms with E-state index < -0.39 is 21.7 Å². The molecule has 3 heterocycles. The second-order valence-electron chi connectivity index (χ2n) is 7.48. The maximum Gasteiger partial charge on any atom is 0.433 e. The van der Waals surface area contributed by atoms with E-state index in [1.807, 2.05) is 6.92 Å². The van der Waals surface area contributed by atoms with Crippen molar-refractivity contribution in [3.05, 3.63) is 59.0 Å². The number of sulfone groups is 1. The van der Waals surface area contributed by atoms with E-state index in [0.29, 0.717) is 16.1 Å². The predicted octanol–water partition coefficient (Wildman–Crippen LogP) is 5.47. The average molecular weight is 495 g/mol. The van der Waals surface area contributed by atoms with Gasteiger partial charge in [-0.3, -0.25) is 4.98 Å². The van der Waals surface area contributed by atoms with Gasteiger partial charge in [-0.2, -0.15) is 13.2 Å². The van der Waals surface area contributed by atoms with Crippen molar-refractivity contribution in [3.8, 4) is 22.6 Å². The second-order valence-corrected chi connectivity index (χ2v) is 10.2. The molecule has 6 nitrogen and oxygen atoms in total. The molecule has 3 aromatic heterocycles. The van der Waals surface area contributed by atoms with Crippen molar-refractivity contribution in [1.82, 2.24) is 19.5 Å². The van der Waals surface area contributed by atoms with Gasteiger partial charge in [0.1, 0.15) is 11.4 Å². The van der Waals surface area contributed by atoms with Gasteiger partial charge >= 0.3 is 6.18 Å². The van der Waals surface area contributed by atoms with Gasteiger partial charge in [0.25, 0.3) is 0 Å². The summed E-state index contributed by atoms with van der Waals surface area (Å²) in [6, 6.07) is 7.57. The molecule has 0 saturated carbocycles. The van der Waals surface area contributed by atoms with Crippen LogP contribution in [0.2, 0.25) is 5.02 Å². The smallest absolute Gasteiger partial charge is 0.324 e. The van der Waals surface area contributed by atoms with E-state index in [0.717, 1.165) is 23.4 Å². The summed E-state index contributed by atoms with van der Waals surface area (Å²) in [7, 11) is -2.18. The zero-order valence-electron chi connectivity index (χ0n) is 17.8. The van der Waals surface area contributed by atoms with Crippen molar-refractivity contribution in [3.63, 3.8) is 0 Å². The number of fused-ring (bicyclic) bond motifs is 1. The van der Waals surface area contributed by atoms with Crippen molar-refractivity contribution in [2.75, 3.05) is 5.75 Å². The van der Waals surface area contributed by atoms with Crippen LogP contribution < -0.4 is 0 Å². The largest absolute Gasteiger partial charge is 0.433 e. The monoisotopic (exact) mass is 494 g/mol. The third kappa shape index (κ3) is 4.20. The second kappa shape index (κ2) is 8.11. The van der Waals surface area contributed by atoms with E-state index in [1.165, 1.54) is 23.8 Å². The minimum atomic E-state index is -4.63. The number of alkyl halides is 3. The Bertz CT molecular complexity index is 1500. The molecule has 0 aliphatic heterocycles. The molecule has 0 fully saturated rings. The van der Waals surface area contributed by atoms with Crippen molar-refractivity contribution in [2.45, 2.75) is 24.9 Å². The molecule has 0 spiro atoms. The molecular weight excluding hydrogens is 477 g/mol. The summed E-state index contributed by atoms with van der Waals surface area (Å²) in [5.74, 6) is -0.0633. The van der Waals surface area contributed by atoms with Gasteiger partial charge in [-0.15, -0.1) is 0 Å². The van der Waals surface area contributed by atoms with Crippen LogP contribution in [0, 0.1) is 6.92 Å². The first kappa shape index (κ1) is 23.2. The summed E-state index contributed by atoms with van der Waals surface area (Å²) < 4.78 is 66.7. The van der Waals surface area contributed by atoms with Gasteiger partial charge in [0.15, 0.2) is 15.7 Å². The molecule has 0 bridgehead atoms. The lowest BCUT2D eigenvalue weighted by Crippen LogP contribution is -2.09. The highest BCUT2D eigenvalue weighted by Gasteiger charge is 2.33. The predicted molar refractivity (Wildman–Crippen MR) is 120 cm³/mol. The molecule has 0 radical (unpaired) electrons. The van der Waals surface area contributed by atoms with E-state index >= 15 is 0 Å². The summed E-state index contributed by atoms with van der Waals surface area (Å²) in [4.78, 5) is 12.1. The van der Waals surface area contributed by atoms with Gasteiger partial charge < -0.3 is 4.57 Å². The fourth-order valence-electron chi connectivity index (χ4n) is 3.56. The first-order valence-corrected chi connectivity index (χ1v) is 11.8. The number of nitrogens with zero attached hydrogens (tertiary/aromatic N) is 4. The number of halogens is 4. The van der Waals surface area contributed by atoms with Crippen LogP contribution in [0.25, 0.3) is 33.7 Å². The summed E-state index contributed by atoms with van der Waals surface area (Å²) >= 11 is 6.03. The van der Waals surface area contributed by atoms with Crippen LogP contribution in [0.3, 0.4) is 0 Å². The molecule has 172 valence electrons. The lowest BCUT2D eigenvalue weighted by molar-refractivity contribution is -0.141. The lowest BCUT2D eigenvalue weighted by Gasteiger charge is -2.12. The molecular formula is C22H18ClF3N4O2S. The number of benzene rings is 1. The summed E-state index contributed by atoms with van der Waals surface area (Å²) in [6.07, 6.45) is -2.05. The lowest BCUT2D eigenvalue weighted by atomic mass is 10.0. The van der Waals surface area contributed by atoms with Gasteiger partial charge in [-0.1, -0.05) is 24.6 Å². The van der Waals surface area contributed by atoms with E-state index in [4.69, 9.17) is 11.6 Å². The maximum absolute atomic E-state index is 13.1. The fourth-order valence-corrected chi connectivity index (χ4v) is 4.84. The Morgan fingerprint density at radius 1 is 1.09 bits per heavy atom. The van der Waals surface area contributed by atoms with Crippen LogP contribution in [0.5, 0.6) is 0 Å². The maximum atomic E-state index is 13.1. The minimum absolute atomic E-state index is 0.0362. The van der Waals surface area contributed by atoms with Crippen LogP contribution in [-0.2, 0) is 23.1 Å². The highest BCUT2D eigenvalue weighted by atomic mass is 35.5. The van der Waals surface area contributed by atoms with E-state index in [1.54, 1.807) is 25.2 Å². The SMILES string of the molecule is CCS(=O)(=O)c1cc(-c2ccc(Cl)cc2C)cnc1-c1nc2cc(C(F)(F)F)ncc2n1C. The fraction of sp³-hybridized carbons (Fsp3) is 0.227. The number of hydrogen-bond acceptors (Lipinski definition) is 5. The van der Waals surface area contributed by atoms with Crippen molar-refractivity contribution >= 4 is 32.5 Å². The first-order valence-electron chi connectivity index (χ1n) is 9.81. The third-order valence-electron chi connectivity index (χ3n) is 5.34. The normalized spacial score (nSPS) is 12.5. The molecule has 1 aromatic carbocycles. The third-order valence-corrected chi connectivity index (χ3v) is 7.31. The Hall–Kier alpha value is -2.98. The Labute approximate surface area is 193 Å². The van der Waals surface area contributed by atoms with Gasteiger partial charge in [-0.25, -0.2) is 18.4 Å². The molecule has 0 unspecified atom stereocenters. The molecule has 0 saturated heterocycles. The van der Waals surface area contributed by atoms with Crippen molar-refractivity contribution < 1.29 is 21.6 Å². The van der Waals surface area contributed by atoms with Gasteiger partial charge in [0.05, 0.1) is 27.9 Å².